The van der Waals surface area contributed by atoms with E-state index >= 15 is 0 Å². The molecule has 2 atom stereocenters. The van der Waals surface area contributed by atoms with Gasteiger partial charge in [0.25, 0.3) is 0 Å². The maximum absolute atomic E-state index is 13.0. The largest absolute Gasteiger partial charge is 0.301 e. The zero-order valence-electron chi connectivity index (χ0n) is 16.1. The molecule has 1 aromatic heterocycles. The summed E-state index contributed by atoms with van der Waals surface area (Å²) >= 11 is 1.43. The van der Waals surface area contributed by atoms with E-state index in [1.54, 1.807) is 0 Å². The molecule has 1 saturated heterocycles. The minimum Gasteiger partial charge on any atom is -0.301 e. The van der Waals surface area contributed by atoms with Crippen LogP contribution >= 0.6 is 11.3 Å². The Labute approximate surface area is 162 Å². The zero-order chi connectivity index (χ0) is 19.4. The third kappa shape index (κ3) is 2.98. The summed E-state index contributed by atoms with van der Waals surface area (Å²) in [6, 6.07) is 0. The molecule has 2 unspecified atom stereocenters. The first-order valence-corrected chi connectivity index (χ1v) is 10.5. The van der Waals surface area contributed by atoms with Gasteiger partial charge < -0.3 is 5.32 Å². The molecule has 2 bridgehead atoms. The number of hydrogen-bond donors (Lipinski definition) is 1. The molecule has 1 aromatic rings. The average molecular weight is 391 g/mol. The quantitative estimate of drug-likeness (QED) is 0.754. The molecule has 3 aliphatic rings. The minimum atomic E-state index is -0.487. The van der Waals surface area contributed by atoms with Crippen molar-refractivity contribution in [3.05, 3.63) is 5.01 Å². The van der Waals surface area contributed by atoms with Crippen molar-refractivity contribution < 1.29 is 14.4 Å². The third-order valence-electron chi connectivity index (χ3n) is 6.91. The fraction of sp³-hybridized carbons (Fsp3) is 0.737. The number of aromatic nitrogens is 2. The summed E-state index contributed by atoms with van der Waals surface area (Å²) in [6.07, 6.45) is 4.54. The second-order valence-electron chi connectivity index (χ2n) is 8.81. The van der Waals surface area contributed by atoms with Crippen LogP contribution in [0.15, 0.2) is 0 Å². The van der Waals surface area contributed by atoms with Gasteiger partial charge in [0.1, 0.15) is 5.01 Å². The molecule has 146 valence electrons. The van der Waals surface area contributed by atoms with Gasteiger partial charge in [-0.05, 0) is 37.5 Å². The van der Waals surface area contributed by atoms with Crippen molar-refractivity contribution in [1.82, 2.24) is 15.1 Å². The van der Waals surface area contributed by atoms with Crippen LogP contribution in [-0.4, -0.2) is 39.4 Å². The molecular weight excluding hydrogens is 364 g/mol. The van der Waals surface area contributed by atoms with Gasteiger partial charge in [-0.1, -0.05) is 32.1 Å². The molecule has 2 heterocycles. The molecule has 1 N–H and O–H groups in total. The Hall–Kier alpha value is -1.83. The first-order chi connectivity index (χ1) is 12.7. The topological polar surface area (TPSA) is 92.3 Å². The Morgan fingerprint density at radius 3 is 2.67 bits per heavy atom. The van der Waals surface area contributed by atoms with Gasteiger partial charge >= 0.3 is 0 Å². The van der Waals surface area contributed by atoms with E-state index in [0.717, 1.165) is 30.7 Å². The molecular formula is C19H26N4O3S. The maximum atomic E-state index is 13.0. The first kappa shape index (κ1) is 18.5. The SMILES string of the molecule is CC12CCC(C(=O)N(CCCC(=O)Nc3nnc(C4CC4)s3)C1=O)C2(C)C. The van der Waals surface area contributed by atoms with E-state index < -0.39 is 5.41 Å². The van der Waals surface area contributed by atoms with Crippen LogP contribution in [0.5, 0.6) is 0 Å². The van der Waals surface area contributed by atoms with Crippen LogP contribution in [0, 0.1) is 16.7 Å². The smallest absolute Gasteiger partial charge is 0.235 e. The molecule has 27 heavy (non-hydrogen) atoms. The lowest BCUT2D eigenvalue weighted by molar-refractivity contribution is -0.168. The predicted molar refractivity (Wildman–Crippen MR) is 101 cm³/mol. The third-order valence-corrected chi connectivity index (χ3v) is 7.91. The maximum Gasteiger partial charge on any atom is 0.235 e. The molecule has 0 spiro atoms. The van der Waals surface area contributed by atoms with E-state index in [0.29, 0.717) is 24.0 Å². The van der Waals surface area contributed by atoms with Gasteiger partial charge in [0, 0.05) is 24.8 Å². The first-order valence-electron chi connectivity index (χ1n) is 9.73. The lowest BCUT2D eigenvalue weighted by Gasteiger charge is -2.47. The number of amides is 3. The van der Waals surface area contributed by atoms with Crippen LogP contribution in [0.2, 0.25) is 0 Å². The normalized spacial score (nSPS) is 29.3. The van der Waals surface area contributed by atoms with Gasteiger partial charge in [0.05, 0.1) is 5.41 Å². The molecule has 0 aromatic carbocycles. The van der Waals surface area contributed by atoms with Crippen molar-refractivity contribution >= 4 is 34.2 Å². The van der Waals surface area contributed by atoms with Crippen LogP contribution in [0.1, 0.15) is 70.2 Å². The van der Waals surface area contributed by atoms with Crippen LogP contribution in [0.25, 0.3) is 0 Å². The van der Waals surface area contributed by atoms with Crippen molar-refractivity contribution in [2.45, 2.75) is 65.2 Å². The summed E-state index contributed by atoms with van der Waals surface area (Å²) in [6.45, 7) is 6.34. The Morgan fingerprint density at radius 1 is 1.22 bits per heavy atom. The monoisotopic (exact) mass is 390 g/mol. The van der Waals surface area contributed by atoms with Gasteiger partial charge in [-0.3, -0.25) is 19.3 Å². The summed E-state index contributed by atoms with van der Waals surface area (Å²) in [4.78, 5) is 39.3. The average Bonchev–Trinajstić information content (AvgIpc) is 3.32. The molecule has 1 aliphatic heterocycles. The van der Waals surface area contributed by atoms with Crippen molar-refractivity contribution in [2.75, 3.05) is 11.9 Å². The molecule has 2 saturated carbocycles. The van der Waals surface area contributed by atoms with Gasteiger partial charge in [-0.25, -0.2) is 0 Å². The van der Waals surface area contributed by atoms with Crippen LogP contribution in [-0.2, 0) is 14.4 Å². The Balaban J connectivity index is 1.31. The minimum absolute atomic E-state index is 0.0708. The molecule has 3 fully saturated rings. The van der Waals surface area contributed by atoms with Gasteiger partial charge in [-0.2, -0.15) is 0 Å². The summed E-state index contributed by atoms with van der Waals surface area (Å²) in [5, 5.41) is 12.4. The Morgan fingerprint density at radius 2 is 1.96 bits per heavy atom. The lowest BCUT2D eigenvalue weighted by atomic mass is 9.62. The highest BCUT2D eigenvalue weighted by Crippen LogP contribution is 2.60. The molecule has 4 rings (SSSR count). The number of nitrogens with one attached hydrogen (secondary N) is 1. The number of hydrogen-bond acceptors (Lipinski definition) is 6. The van der Waals surface area contributed by atoms with Gasteiger partial charge in [-0.15, -0.1) is 10.2 Å². The van der Waals surface area contributed by atoms with Crippen LogP contribution < -0.4 is 5.32 Å². The fourth-order valence-electron chi connectivity index (χ4n) is 4.47. The molecule has 2 aliphatic carbocycles. The fourth-order valence-corrected chi connectivity index (χ4v) is 5.40. The number of nitrogens with zero attached hydrogens (tertiary/aromatic N) is 3. The van der Waals surface area contributed by atoms with Crippen molar-refractivity contribution in [1.29, 1.82) is 0 Å². The van der Waals surface area contributed by atoms with E-state index in [2.05, 4.69) is 15.5 Å². The summed E-state index contributed by atoms with van der Waals surface area (Å²) in [7, 11) is 0. The molecule has 0 radical (unpaired) electrons. The molecule has 7 nitrogen and oxygen atoms in total. The van der Waals surface area contributed by atoms with E-state index in [1.165, 1.54) is 16.2 Å². The Kier molecular flexibility index (Phi) is 4.36. The number of anilines is 1. The van der Waals surface area contributed by atoms with Crippen molar-refractivity contribution in [3.8, 4) is 0 Å². The van der Waals surface area contributed by atoms with Crippen molar-refractivity contribution in [2.24, 2.45) is 16.7 Å². The highest BCUT2D eigenvalue weighted by molar-refractivity contribution is 7.15. The Bertz CT molecular complexity index is 801. The number of imide groups is 1. The number of rotatable bonds is 6. The van der Waals surface area contributed by atoms with Gasteiger partial charge in [0.2, 0.25) is 22.9 Å². The zero-order valence-corrected chi connectivity index (χ0v) is 16.9. The number of likely N-dealkylation sites (tertiary alicyclic amines) is 1. The predicted octanol–water partition coefficient (Wildman–Crippen LogP) is 2.95. The molecule has 3 amide bonds. The number of carbonyl (C=O) groups excluding carboxylic acids is 3. The van der Waals surface area contributed by atoms with E-state index in [1.807, 2.05) is 20.8 Å². The lowest BCUT2D eigenvalue weighted by Crippen LogP contribution is -2.59. The summed E-state index contributed by atoms with van der Waals surface area (Å²) in [5.41, 5.74) is -0.786. The number of fused-ring (bicyclic) bond motifs is 2. The number of piperidine rings is 1. The summed E-state index contributed by atoms with van der Waals surface area (Å²) in [5.74, 6) is 0.116. The van der Waals surface area contributed by atoms with E-state index in [-0.39, 0.29) is 35.5 Å². The second kappa shape index (κ2) is 6.36. The van der Waals surface area contributed by atoms with Crippen LogP contribution in [0.4, 0.5) is 5.13 Å². The van der Waals surface area contributed by atoms with Gasteiger partial charge in [0.15, 0.2) is 0 Å². The standard InChI is InChI=1S/C19H26N4O3S/c1-18(2)12-8-9-19(18,3)16(26)23(15(12)25)10-4-5-13(24)20-17-22-21-14(27-17)11-6-7-11/h11-12H,4-10H2,1-3H3,(H,20,22,24). The van der Waals surface area contributed by atoms with E-state index in [9.17, 15) is 14.4 Å². The summed E-state index contributed by atoms with van der Waals surface area (Å²) < 4.78 is 0. The highest BCUT2D eigenvalue weighted by atomic mass is 32.1. The second-order valence-corrected chi connectivity index (χ2v) is 9.82. The van der Waals surface area contributed by atoms with E-state index in [4.69, 9.17) is 0 Å². The highest BCUT2D eigenvalue weighted by Gasteiger charge is 2.64. The van der Waals surface area contributed by atoms with Crippen molar-refractivity contribution in [3.63, 3.8) is 0 Å². The van der Waals surface area contributed by atoms with Crippen LogP contribution in [0.3, 0.4) is 0 Å². The molecule has 8 heteroatoms. The number of carbonyl (C=O) groups is 3.